The van der Waals surface area contributed by atoms with Gasteiger partial charge in [0.25, 0.3) is 0 Å². The van der Waals surface area contributed by atoms with Crippen LogP contribution in [0, 0.1) is 4.77 Å². The van der Waals surface area contributed by atoms with E-state index in [1.165, 1.54) is 22.2 Å². The summed E-state index contributed by atoms with van der Waals surface area (Å²) in [5, 5.41) is 2.02. The average Bonchev–Trinajstić information content (AvgIpc) is 3.07. The maximum atomic E-state index is 6.10. The summed E-state index contributed by atoms with van der Waals surface area (Å²) in [6, 6.07) is 16.5. The summed E-state index contributed by atoms with van der Waals surface area (Å²) < 4.78 is 0.564. The summed E-state index contributed by atoms with van der Waals surface area (Å²) >= 11 is 11.3. The van der Waals surface area contributed by atoms with Gasteiger partial charge in [-0.2, -0.15) is 0 Å². The van der Waals surface area contributed by atoms with Gasteiger partial charge in [-0.15, -0.1) is 0 Å². The van der Waals surface area contributed by atoms with Gasteiger partial charge >= 0.3 is 0 Å². The summed E-state index contributed by atoms with van der Waals surface area (Å²) in [5.74, 6) is 0. The standard InChI is InChI=1S/C22H19ClN4S/c23-16-7-5-14(6-8-16)21-18(17-3-1-2-4-20(17)25-21)13-27-10-9-19-15(12-27)11-24-22(28)26-19/h1-8,11,25H,9-10,12-13H2,(H,24,26,28). The molecule has 0 bridgehead atoms. The van der Waals surface area contributed by atoms with E-state index in [4.69, 9.17) is 23.8 Å². The summed E-state index contributed by atoms with van der Waals surface area (Å²) in [6.07, 6.45) is 2.87. The van der Waals surface area contributed by atoms with Crippen molar-refractivity contribution < 1.29 is 0 Å². The molecule has 28 heavy (non-hydrogen) atoms. The van der Waals surface area contributed by atoms with Crippen molar-refractivity contribution in [2.75, 3.05) is 6.54 Å². The molecule has 1 aliphatic heterocycles. The van der Waals surface area contributed by atoms with Crippen LogP contribution in [0.1, 0.15) is 16.8 Å². The lowest BCUT2D eigenvalue weighted by atomic mass is 10.0. The number of rotatable bonds is 3. The number of hydrogen-bond donors (Lipinski definition) is 2. The maximum absolute atomic E-state index is 6.10. The fourth-order valence-corrected chi connectivity index (χ4v) is 4.29. The van der Waals surface area contributed by atoms with Crippen molar-refractivity contribution in [1.82, 2.24) is 19.9 Å². The number of para-hydroxylation sites is 1. The number of halogens is 1. The summed E-state index contributed by atoms with van der Waals surface area (Å²) in [5.41, 5.74) is 7.23. The van der Waals surface area contributed by atoms with Gasteiger partial charge in [0, 0.05) is 59.4 Å². The summed E-state index contributed by atoms with van der Waals surface area (Å²) in [6.45, 7) is 2.73. The number of aromatic nitrogens is 3. The minimum Gasteiger partial charge on any atom is -0.354 e. The van der Waals surface area contributed by atoms with Crippen LogP contribution in [0.15, 0.2) is 54.7 Å². The third kappa shape index (κ3) is 3.26. The first kappa shape index (κ1) is 17.6. The van der Waals surface area contributed by atoms with Gasteiger partial charge in [0.2, 0.25) is 0 Å². The van der Waals surface area contributed by atoms with Gasteiger partial charge in [-0.3, -0.25) is 4.90 Å². The zero-order valence-electron chi connectivity index (χ0n) is 15.2. The Morgan fingerprint density at radius 2 is 1.89 bits per heavy atom. The molecule has 0 radical (unpaired) electrons. The molecule has 5 rings (SSSR count). The molecule has 0 saturated carbocycles. The van der Waals surface area contributed by atoms with E-state index in [1.54, 1.807) is 0 Å². The molecule has 0 amide bonds. The number of benzene rings is 2. The van der Waals surface area contributed by atoms with Crippen LogP contribution < -0.4 is 0 Å². The largest absolute Gasteiger partial charge is 0.354 e. The molecule has 2 aromatic carbocycles. The zero-order valence-corrected chi connectivity index (χ0v) is 16.8. The lowest BCUT2D eigenvalue weighted by Gasteiger charge is -2.28. The topological polar surface area (TPSA) is 47.7 Å². The molecule has 4 nitrogen and oxygen atoms in total. The number of hydrogen-bond acceptors (Lipinski definition) is 3. The zero-order chi connectivity index (χ0) is 19.1. The molecule has 4 aromatic rings. The molecule has 0 spiro atoms. The van der Waals surface area contributed by atoms with Crippen LogP contribution in [-0.2, 0) is 19.5 Å². The Kier molecular flexibility index (Phi) is 4.51. The first-order valence-electron chi connectivity index (χ1n) is 9.32. The van der Waals surface area contributed by atoms with Gasteiger partial charge in [-0.05, 0) is 41.5 Å². The van der Waals surface area contributed by atoms with Crippen molar-refractivity contribution in [3.63, 3.8) is 0 Å². The second-order valence-electron chi connectivity index (χ2n) is 7.18. The quantitative estimate of drug-likeness (QED) is 0.441. The first-order chi connectivity index (χ1) is 13.7. The van der Waals surface area contributed by atoms with Crippen LogP contribution in [0.25, 0.3) is 22.2 Å². The van der Waals surface area contributed by atoms with Gasteiger partial charge < -0.3 is 9.97 Å². The van der Waals surface area contributed by atoms with Crippen molar-refractivity contribution >= 4 is 34.7 Å². The highest BCUT2D eigenvalue weighted by molar-refractivity contribution is 7.71. The predicted molar refractivity (Wildman–Crippen MR) is 116 cm³/mol. The highest BCUT2D eigenvalue weighted by Crippen LogP contribution is 2.33. The summed E-state index contributed by atoms with van der Waals surface area (Å²) in [7, 11) is 0. The van der Waals surface area contributed by atoms with Crippen molar-refractivity contribution in [3.05, 3.63) is 81.3 Å². The van der Waals surface area contributed by atoms with Crippen molar-refractivity contribution in [2.24, 2.45) is 0 Å². The molecule has 0 unspecified atom stereocenters. The Morgan fingerprint density at radius 1 is 1.07 bits per heavy atom. The van der Waals surface area contributed by atoms with E-state index < -0.39 is 0 Å². The van der Waals surface area contributed by atoms with Crippen LogP contribution in [0.2, 0.25) is 5.02 Å². The molecule has 2 N–H and O–H groups in total. The monoisotopic (exact) mass is 406 g/mol. The Morgan fingerprint density at radius 3 is 2.75 bits per heavy atom. The van der Waals surface area contributed by atoms with Crippen molar-refractivity contribution in [2.45, 2.75) is 19.5 Å². The van der Waals surface area contributed by atoms with Gasteiger partial charge in [0.1, 0.15) is 0 Å². The highest BCUT2D eigenvalue weighted by atomic mass is 35.5. The number of aromatic amines is 2. The molecular formula is C22H19ClN4S. The third-order valence-corrected chi connectivity index (χ3v) is 5.84. The smallest absolute Gasteiger partial charge is 0.196 e. The van der Waals surface area contributed by atoms with E-state index in [0.29, 0.717) is 4.77 Å². The van der Waals surface area contributed by atoms with Gasteiger partial charge in [-0.1, -0.05) is 41.9 Å². The normalized spacial score (nSPS) is 14.3. The van der Waals surface area contributed by atoms with Crippen LogP contribution in [-0.4, -0.2) is 26.4 Å². The van der Waals surface area contributed by atoms with Crippen molar-refractivity contribution in [1.29, 1.82) is 0 Å². The molecule has 2 aromatic heterocycles. The Bertz CT molecular complexity index is 1210. The van der Waals surface area contributed by atoms with E-state index in [9.17, 15) is 0 Å². The molecule has 0 fully saturated rings. The van der Waals surface area contributed by atoms with Crippen molar-refractivity contribution in [3.8, 4) is 11.3 Å². The first-order valence-corrected chi connectivity index (χ1v) is 10.1. The van der Waals surface area contributed by atoms with Crippen LogP contribution >= 0.6 is 23.8 Å². The van der Waals surface area contributed by atoms with Crippen LogP contribution in [0.4, 0.5) is 0 Å². The van der Waals surface area contributed by atoms with E-state index in [0.717, 1.165) is 47.9 Å². The Labute approximate surface area is 173 Å². The molecule has 0 saturated heterocycles. The number of nitrogens with zero attached hydrogens (tertiary/aromatic N) is 2. The molecule has 140 valence electrons. The molecule has 0 aliphatic carbocycles. The lowest BCUT2D eigenvalue weighted by Crippen LogP contribution is -2.31. The van der Waals surface area contributed by atoms with Gasteiger partial charge in [0.05, 0.1) is 5.69 Å². The van der Waals surface area contributed by atoms with E-state index in [2.05, 4.69) is 56.3 Å². The molecule has 0 atom stereocenters. The molecular weight excluding hydrogens is 388 g/mol. The molecule has 6 heteroatoms. The minimum absolute atomic E-state index is 0.564. The minimum atomic E-state index is 0.564. The predicted octanol–water partition coefficient (Wildman–Crippen LogP) is 5.50. The van der Waals surface area contributed by atoms with Gasteiger partial charge in [0.15, 0.2) is 4.77 Å². The highest BCUT2D eigenvalue weighted by Gasteiger charge is 2.21. The Hall–Kier alpha value is -2.47. The molecule has 1 aliphatic rings. The number of H-pyrrole nitrogens is 2. The Balaban J connectivity index is 1.53. The fourth-order valence-electron chi connectivity index (χ4n) is 3.99. The van der Waals surface area contributed by atoms with E-state index in [-0.39, 0.29) is 0 Å². The SMILES string of the molecule is S=c1ncc2c([nH]1)CCN(Cc1c(-c3ccc(Cl)cc3)[nH]c3ccccc13)C2. The maximum Gasteiger partial charge on any atom is 0.196 e. The van der Waals surface area contributed by atoms with Gasteiger partial charge in [-0.25, -0.2) is 4.98 Å². The van der Waals surface area contributed by atoms with E-state index in [1.807, 2.05) is 18.3 Å². The lowest BCUT2D eigenvalue weighted by molar-refractivity contribution is 0.244. The summed E-state index contributed by atoms with van der Waals surface area (Å²) in [4.78, 5) is 13.6. The second kappa shape index (κ2) is 7.17. The number of nitrogens with one attached hydrogen (secondary N) is 2. The van der Waals surface area contributed by atoms with E-state index >= 15 is 0 Å². The van der Waals surface area contributed by atoms with Crippen LogP contribution in [0.3, 0.4) is 0 Å². The third-order valence-electron chi connectivity index (χ3n) is 5.38. The second-order valence-corrected chi connectivity index (χ2v) is 8.01. The molecule has 3 heterocycles. The fraction of sp³-hybridized carbons (Fsp3) is 0.182. The number of fused-ring (bicyclic) bond motifs is 2. The van der Waals surface area contributed by atoms with Crippen LogP contribution in [0.5, 0.6) is 0 Å². The average molecular weight is 407 g/mol.